The van der Waals surface area contributed by atoms with Crippen LogP contribution in [0.3, 0.4) is 0 Å². The molecular weight excluding hydrogens is 901 g/mol. The first-order valence-corrected chi connectivity index (χ1v) is 25.8. The van der Waals surface area contributed by atoms with Crippen LogP contribution < -0.4 is 16.1 Å². The molecule has 0 spiro atoms. The number of nitrogens with zero attached hydrogens (tertiary/aromatic N) is 5. The molecule has 18 heteroatoms. The van der Waals surface area contributed by atoms with Gasteiger partial charge in [-0.25, -0.2) is 18.1 Å². The van der Waals surface area contributed by atoms with Crippen LogP contribution in [0.5, 0.6) is 5.75 Å². The van der Waals surface area contributed by atoms with Gasteiger partial charge in [0.15, 0.2) is 0 Å². The molecule has 6 bridgehead atoms. The lowest BCUT2D eigenvalue weighted by Gasteiger charge is -2.38. The molecule has 3 amide bonds. The molecule has 5 atom stereocenters. The number of cyclic esters (lactones) is 1. The average Bonchev–Trinajstić information content (AvgIpc) is 4.16. The standard InChI is InChI=1S/C51H68N8O9S/c1-9-58-42-15-14-34-26-38(42)39(46(58)37-12-10-18-52-44(37)31(4)67-8)27-51(5,6)29-68-50(64)40-13-11-19-59(55-40)49(63)41(24-32-22-35(34)25-36(60)23-32)54-47(61)45(30(2)3)56(7)48(62)33-16-20-57(21-17-33)69(65,66)43-28-53-43/h10,12,14-15,18,22-23,25-26,30-31,33,40-41,43,45,53,55,60H,9,11,13,16-17,19-21,24,27-29H2,1-8H3,(H,54,61)/t31-,40-,41-,43-,45-/m0/s1. The van der Waals surface area contributed by atoms with Crippen molar-refractivity contribution in [3.05, 3.63) is 71.5 Å². The quantitative estimate of drug-likeness (QED) is 0.117. The van der Waals surface area contributed by atoms with Gasteiger partial charge >= 0.3 is 5.97 Å². The molecule has 2 aromatic heterocycles. The minimum absolute atomic E-state index is 0.0206. The highest BCUT2D eigenvalue weighted by Gasteiger charge is 2.44. The molecule has 6 heterocycles. The summed E-state index contributed by atoms with van der Waals surface area (Å²) in [6.45, 7) is 13.7. The first kappa shape index (κ1) is 50.0. The minimum Gasteiger partial charge on any atom is -0.508 e. The number of hydrogen-bond donors (Lipinski definition) is 4. The van der Waals surface area contributed by atoms with Crippen molar-refractivity contribution < 1.29 is 42.2 Å². The van der Waals surface area contributed by atoms with Crippen molar-refractivity contribution in [2.45, 2.75) is 116 Å². The number of sulfonamides is 1. The number of aryl methyl sites for hydroxylation is 1. The van der Waals surface area contributed by atoms with E-state index in [4.69, 9.17) is 14.5 Å². The van der Waals surface area contributed by atoms with Gasteiger partial charge in [0.05, 0.1) is 24.1 Å². The highest BCUT2D eigenvalue weighted by molar-refractivity contribution is 7.90. The van der Waals surface area contributed by atoms with Gasteiger partial charge in [0, 0.05) is 87.3 Å². The summed E-state index contributed by atoms with van der Waals surface area (Å²) in [5.74, 6) is -2.66. The maximum Gasteiger partial charge on any atom is 0.324 e. The van der Waals surface area contributed by atoms with Crippen LogP contribution in [-0.4, -0.2) is 131 Å². The molecule has 4 aliphatic heterocycles. The molecule has 372 valence electrons. The number of fused-ring (bicyclic) bond motifs is 6. The topological polar surface area (TPSA) is 215 Å². The monoisotopic (exact) mass is 968 g/mol. The Hall–Kier alpha value is -5.40. The van der Waals surface area contributed by atoms with Crippen molar-refractivity contribution in [2.24, 2.45) is 17.3 Å². The van der Waals surface area contributed by atoms with Crippen LogP contribution in [0, 0.1) is 17.3 Å². The molecule has 0 unspecified atom stereocenters. The van der Waals surface area contributed by atoms with Gasteiger partial charge in [-0.1, -0.05) is 39.8 Å². The van der Waals surface area contributed by atoms with E-state index in [2.05, 4.69) is 59.6 Å². The number of rotatable bonds is 11. The number of likely N-dealkylation sites (N-methyl/N-ethyl adjacent to an activating group) is 1. The van der Waals surface area contributed by atoms with Gasteiger partial charge in [-0.15, -0.1) is 0 Å². The number of nitrogens with one attached hydrogen (secondary N) is 3. The molecule has 0 aliphatic carbocycles. The lowest BCUT2D eigenvalue weighted by Crippen LogP contribution is -2.62. The third kappa shape index (κ3) is 10.4. The minimum atomic E-state index is -3.48. The summed E-state index contributed by atoms with van der Waals surface area (Å²) in [5, 5.41) is 19.0. The molecule has 69 heavy (non-hydrogen) atoms. The predicted octanol–water partition coefficient (Wildman–Crippen LogP) is 4.91. The summed E-state index contributed by atoms with van der Waals surface area (Å²) < 4.78 is 41.4. The number of piperidine rings is 1. The average molecular weight is 969 g/mol. The SMILES string of the molecule is CCn1c(-c2cccnc2[C@H](C)OC)c2c3cc(ccc31)-c1cc(O)cc(c1)C[C@H](NC(=O)[C@H](C(C)C)N(C)C(=O)C1CCN(S(=O)(=O)[C@H]3CN3)CC1)C(=O)N1CCC[C@H](N1)C(=O)OCC(C)(C)C2. The van der Waals surface area contributed by atoms with E-state index in [1.165, 1.54) is 14.2 Å². The molecule has 0 saturated carbocycles. The number of aromatic nitrogens is 2. The van der Waals surface area contributed by atoms with Crippen LogP contribution in [0.15, 0.2) is 54.7 Å². The molecule has 8 rings (SSSR count). The number of methoxy groups -OCH3 is 1. The second-order valence-electron chi connectivity index (χ2n) is 20.3. The van der Waals surface area contributed by atoms with Crippen LogP contribution in [-0.2, 0) is 58.1 Å². The smallest absolute Gasteiger partial charge is 0.324 e. The highest BCUT2D eigenvalue weighted by Crippen LogP contribution is 2.42. The largest absolute Gasteiger partial charge is 0.508 e. The van der Waals surface area contributed by atoms with E-state index in [1.54, 1.807) is 32.5 Å². The first-order chi connectivity index (χ1) is 32.8. The maximum absolute atomic E-state index is 14.8. The fraction of sp³-hybridized carbons (Fsp3) is 0.549. The maximum atomic E-state index is 14.8. The molecule has 3 fully saturated rings. The normalized spacial score (nSPS) is 22.4. The van der Waals surface area contributed by atoms with E-state index in [9.17, 15) is 32.7 Å². The van der Waals surface area contributed by atoms with Crippen molar-refractivity contribution in [2.75, 3.05) is 46.9 Å². The molecular formula is C51H68N8O9S. The van der Waals surface area contributed by atoms with E-state index < -0.39 is 62.6 Å². The summed E-state index contributed by atoms with van der Waals surface area (Å²) in [6, 6.07) is 12.4. The summed E-state index contributed by atoms with van der Waals surface area (Å²) in [4.78, 5) is 63.6. The zero-order valence-electron chi connectivity index (χ0n) is 41.1. The lowest BCUT2D eigenvalue weighted by atomic mass is 9.84. The van der Waals surface area contributed by atoms with E-state index in [-0.39, 0.29) is 56.3 Å². The van der Waals surface area contributed by atoms with Crippen molar-refractivity contribution in [1.82, 2.24) is 39.8 Å². The molecule has 4 aromatic rings. The molecule has 17 nitrogen and oxygen atoms in total. The molecule has 3 saturated heterocycles. The molecule has 0 radical (unpaired) electrons. The number of amides is 3. The lowest BCUT2D eigenvalue weighted by molar-refractivity contribution is -0.155. The zero-order valence-corrected chi connectivity index (χ0v) is 41.9. The van der Waals surface area contributed by atoms with Crippen molar-refractivity contribution in [3.63, 3.8) is 0 Å². The van der Waals surface area contributed by atoms with Crippen LogP contribution in [0.1, 0.15) is 90.2 Å². The Bertz CT molecular complexity index is 2710. The number of esters is 1. The van der Waals surface area contributed by atoms with Gasteiger partial charge < -0.3 is 29.4 Å². The van der Waals surface area contributed by atoms with Gasteiger partial charge in [0.1, 0.15) is 29.2 Å². The van der Waals surface area contributed by atoms with Gasteiger partial charge in [0.25, 0.3) is 5.91 Å². The van der Waals surface area contributed by atoms with Crippen LogP contribution in [0.25, 0.3) is 33.3 Å². The second kappa shape index (κ2) is 20.1. The number of phenols is 1. The van der Waals surface area contributed by atoms with E-state index >= 15 is 0 Å². The predicted molar refractivity (Wildman–Crippen MR) is 262 cm³/mol. The summed E-state index contributed by atoms with van der Waals surface area (Å²) >= 11 is 0. The van der Waals surface area contributed by atoms with E-state index in [1.807, 2.05) is 39.0 Å². The Morgan fingerprint density at radius 2 is 1.78 bits per heavy atom. The van der Waals surface area contributed by atoms with E-state index in [0.717, 1.165) is 39.0 Å². The first-order valence-electron chi connectivity index (χ1n) is 24.3. The number of carbonyl (C=O) groups is 4. The number of hydrogen-bond acceptors (Lipinski definition) is 12. The fourth-order valence-electron chi connectivity index (χ4n) is 10.5. The number of hydrazine groups is 1. The Morgan fingerprint density at radius 1 is 1.04 bits per heavy atom. The second-order valence-corrected chi connectivity index (χ2v) is 22.4. The number of ether oxygens (including phenoxy) is 2. The van der Waals surface area contributed by atoms with Crippen molar-refractivity contribution >= 4 is 44.6 Å². The fourth-order valence-corrected chi connectivity index (χ4v) is 12.1. The Kier molecular flexibility index (Phi) is 14.6. The van der Waals surface area contributed by atoms with Crippen molar-refractivity contribution in [3.8, 4) is 28.1 Å². The van der Waals surface area contributed by atoms with Gasteiger partial charge in [0.2, 0.25) is 21.8 Å². The molecule has 4 N–H and O–H groups in total. The van der Waals surface area contributed by atoms with Crippen molar-refractivity contribution in [1.29, 1.82) is 0 Å². The summed E-state index contributed by atoms with van der Waals surface area (Å²) in [7, 11) is -0.228. The van der Waals surface area contributed by atoms with Gasteiger partial charge in [-0.2, -0.15) is 0 Å². The highest BCUT2D eigenvalue weighted by atomic mass is 32.2. The van der Waals surface area contributed by atoms with Crippen LogP contribution in [0.2, 0.25) is 0 Å². The molecule has 4 aliphatic rings. The van der Waals surface area contributed by atoms with E-state index in [0.29, 0.717) is 56.3 Å². The third-order valence-electron chi connectivity index (χ3n) is 14.2. The zero-order chi connectivity index (χ0) is 49.5. The Labute approximate surface area is 405 Å². The number of carbonyl (C=O) groups excluding carboxylic acids is 4. The number of pyridine rings is 1. The Balaban J connectivity index is 1.16. The number of phenolic OH excluding ortho intramolecular Hbond substituents is 1. The van der Waals surface area contributed by atoms with Crippen LogP contribution >= 0.6 is 0 Å². The Morgan fingerprint density at radius 3 is 2.46 bits per heavy atom. The molecule has 2 aromatic carbocycles. The van der Waals surface area contributed by atoms with Crippen LogP contribution in [0.4, 0.5) is 0 Å². The number of benzene rings is 2. The number of aromatic hydroxyl groups is 1. The van der Waals surface area contributed by atoms with Gasteiger partial charge in [-0.3, -0.25) is 34.5 Å². The third-order valence-corrected chi connectivity index (χ3v) is 16.4. The van der Waals surface area contributed by atoms with Gasteiger partial charge in [-0.05, 0) is 111 Å². The summed E-state index contributed by atoms with van der Waals surface area (Å²) in [5.41, 5.74) is 9.47. The summed E-state index contributed by atoms with van der Waals surface area (Å²) in [6.07, 6.45) is 3.56.